The molecule has 2 heterocycles. The smallest absolute Gasteiger partial charge is 0.276 e. The molecule has 0 aromatic carbocycles. The topological polar surface area (TPSA) is 96.0 Å². The molecule has 1 unspecified atom stereocenters. The first kappa shape index (κ1) is 11.1. The molecule has 1 fully saturated rings. The highest BCUT2D eigenvalue weighted by Crippen LogP contribution is 2.17. The molecule has 2 rings (SSSR count). The van der Waals surface area contributed by atoms with E-state index in [4.69, 9.17) is 0 Å². The lowest BCUT2D eigenvalue weighted by Crippen LogP contribution is -2.38. The van der Waals surface area contributed by atoms with Gasteiger partial charge >= 0.3 is 0 Å². The fourth-order valence-electron chi connectivity index (χ4n) is 1.73. The second-order valence-corrected chi connectivity index (χ2v) is 6.06. The predicted molar refractivity (Wildman–Crippen MR) is 55.5 cm³/mol. The van der Waals surface area contributed by atoms with E-state index < -0.39 is 9.84 Å². The average Bonchev–Trinajstić information content (AvgIpc) is 2.84. The van der Waals surface area contributed by atoms with Gasteiger partial charge < -0.3 is 4.90 Å². The first-order chi connectivity index (χ1) is 7.49. The molecule has 1 aromatic heterocycles. The Kier molecular flexibility index (Phi) is 2.66. The average molecular weight is 244 g/mol. The Hall–Kier alpha value is -1.44. The minimum atomic E-state index is -2.98. The summed E-state index contributed by atoms with van der Waals surface area (Å²) in [7, 11) is -1.39. The molecule has 1 saturated heterocycles. The largest absolute Gasteiger partial charge is 0.336 e. The highest BCUT2D eigenvalue weighted by Gasteiger charge is 2.33. The molecule has 1 atom stereocenters. The van der Waals surface area contributed by atoms with Crippen LogP contribution in [0.3, 0.4) is 0 Å². The van der Waals surface area contributed by atoms with E-state index in [1.54, 1.807) is 7.05 Å². The summed E-state index contributed by atoms with van der Waals surface area (Å²) >= 11 is 0. The van der Waals surface area contributed by atoms with Gasteiger partial charge in [-0.2, -0.15) is 15.4 Å². The van der Waals surface area contributed by atoms with Crippen LogP contribution in [-0.4, -0.2) is 59.2 Å². The third-order valence-electron chi connectivity index (χ3n) is 2.71. The quantitative estimate of drug-likeness (QED) is 0.724. The summed E-state index contributed by atoms with van der Waals surface area (Å²) in [6.07, 6.45) is 1.81. The van der Waals surface area contributed by atoms with Gasteiger partial charge in [0.2, 0.25) is 0 Å². The van der Waals surface area contributed by atoms with E-state index >= 15 is 0 Å². The number of sulfone groups is 1. The minimum Gasteiger partial charge on any atom is -0.336 e. The third kappa shape index (κ3) is 2.06. The molecule has 8 heteroatoms. The molecule has 0 aliphatic carbocycles. The second kappa shape index (κ2) is 3.85. The lowest BCUT2D eigenvalue weighted by atomic mass is 10.2. The van der Waals surface area contributed by atoms with Crippen molar-refractivity contribution in [1.29, 1.82) is 0 Å². The molecule has 0 bridgehead atoms. The molecular formula is C8H12N4O3S. The standard InChI is InChI=1S/C8H12N4O3S/c1-12(6-2-3-16(14,15)5-6)8(13)7-4-9-11-10-7/h4,6H,2-3,5H2,1H3,(H,9,10,11). The van der Waals surface area contributed by atoms with Crippen molar-refractivity contribution in [3.05, 3.63) is 11.9 Å². The Bertz CT molecular complexity index is 481. The number of amides is 1. The molecule has 1 aliphatic rings. The van der Waals surface area contributed by atoms with Crippen LogP contribution < -0.4 is 0 Å². The van der Waals surface area contributed by atoms with Crippen molar-refractivity contribution in [2.45, 2.75) is 12.5 Å². The van der Waals surface area contributed by atoms with E-state index in [1.807, 2.05) is 0 Å². The minimum absolute atomic E-state index is 0.0348. The molecule has 16 heavy (non-hydrogen) atoms. The van der Waals surface area contributed by atoms with Crippen LogP contribution in [0.25, 0.3) is 0 Å². The van der Waals surface area contributed by atoms with Gasteiger partial charge in [0, 0.05) is 13.1 Å². The Morgan fingerprint density at radius 3 is 2.88 bits per heavy atom. The fraction of sp³-hybridized carbons (Fsp3) is 0.625. The predicted octanol–water partition coefficient (Wildman–Crippen LogP) is -0.936. The number of nitrogens with one attached hydrogen (secondary N) is 1. The molecule has 0 spiro atoms. The number of carbonyl (C=O) groups excluding carboxylic acids is 1. The van der Waals surface area contributed by atoms with Gasteiger partial charge in [-0.25, -0.2) is 8.42 Å². The number of H-pyrrole nitrogens is 1. The van der Waals surface area contributed by atoms with Gasteiger partial charge in [-0.15, -0.1) is 0 Å². The molecule has 1 N–H and O–H groups in total. The zero-order valence-electron chi connectivity index (χ0n) is 8.75. The number of rotatable bonds is 2. The maximum atomic E-state index is 11.8. The zero-order valence-corrected chi connectivity index (χ0v) is 9.57. The SMILES string of the molecule is CN(C(=O)c1cn[nH]n1)C1CCS(=O)(=O)C1. The molecular weight excluding hydrogens is 232 g/mol. The lowest BCUT2D eigenvalue weighted by molar-refractivity contribution is 0.0741. The Labute approximate surface area is 92.7 Å². The van der Waals surface area contributed by atoms with Crippen molar-refractivity contribution in [1.82, 2.24) is 20.3 Å². The third-order valence-corrected chi connectivity index (χ3v) is 4.46. The van der Waals surface area contributed by atoms with Crippen molar-refractivity contribution in [3.63, 3.8) is 0 Å². The Morgan fingerprint density at radius 2 is 2.38 bits per heavy atom. The number of aromatic amines is 1. The lowest BCUT2D eigenvalue weighted by Gasteiger charge is -2.21. The van der Waals surface area contributed by atoms with Gasteiger partial charge in [-0.3, -0.25) is 4.79 Å². The van der Waals surface area contributed by atoms with Crippen LogP contribution in [0.5, 0.6) is 0 Å². The van der Waals surface area contributed by atoms with E-state index in [2.05, 4.69) is 15.4 Å². The summed E-state index contributed by atoms with van der Waals surface area (Å²) in [5, 5.41) is 9.55. The highest BCUT2D eigenvalue weighted by molar-refractivity contribution is 7.91. The summed E-state index contributed by atoms with van der Waals surface area (Å²) in [5.41, 5.74) is 0.201. The summed E-state index contributed by atoms with van der Waals surface area (Å²) in [6.45, 7) is 0. The monoisotopic (exact) mass is 244 g/mol. The molecule has 88 valence electrons. The molecule has 1 amide bonds. The van der Waals surface area contributed by atoms with Crippen LogP contribution in [0.15, 0.2) is 6.20 Å². The van der Waals surface area contributed by atoms with Gasteiger partial charge in [0.25, 0.3) is 5.91 Å². The van der Waals surface area contributed by atoms with Gasteiger partial charge in [0.15, 0.2) is 15.5 Å². The van der Waals surface area contributed by atoms with Crippen LogP contribution in [0.4, 0.5) is 0 Å². The molecule has 1 aliphatic heterocycles. The molecule has 0 radical (unpaired) electrons. The van der Waals surface area contributed by atoms with Crippen molar-refractivity contribution in [2.24, 2.45) is 0 Å². The van der Waals surface area contributed by atoms with Gasteiger partial charge in [0.1, 0.15) is 0 Å². The number of hydrogen-bond acceptors (Lipinski definition) is 5. The normalized spacial score (nSPS) is 23.2. The van der Waals surface area contributed by atoms with Crippen LogP contribution in [0.2, 0.25) is 0 Å². The van der Waals surface area contributed by atoms with Crippen LogP contribution in [0.1, 0.15) is 16.9 Å². The van der Waals surface area contributed by atoms with E-state index in [1.165, 1.54) is 11.1 Å². The van der Waals surface area contributed by atoms with Crippen molar-refractivity contribution < 1.29 is 13.2 Å². The number of carbonyl (C=O) groups is 1. The van der Waals surface area contributed by atoms with E-state index in [9.17, 15) is 13.2 Å². The number of aromatic nitrogens is 3. The summed E-state index contributed by atoms with van der Waals surface area (Å²) < 4.78 is 22.6. The molecule has 7 nitrogen and oxygen atoms in total. The van der Waals surface area contributed by atoms with Crippen molar-refractivity contribution in [3.8, 4) is 0 Å². The van der Waals surface area contributed by atoms with E-state index in [0.29, 0.717) is 6.42 Å². The van der Waals surface area contributed by atoms with Crippen LogP contribution in [-0.2, 0) is 9.84 Å². The molecule has 0 saturated carbocycles. The molecule has 1 aromatic rings. The second-order valence-electron chi connectivity index (χ2n) is 3.83. The van der Waals surface area contributed by atoms with E-state index in [0.717, 1.165) is 0 Å². The van der Waals surface area contributed by atoms with Crippen molar-refractivity contribution >= 4 is 15.7 Å². The first-order valence-electron chi connectivity index (χ1n) is 4.83. The maximum Gasteiger partial charge on any atom is 0.276 e. The summed E-state index contributed by atoms with van der Waals surface area (Å²) in [4.78, 5) is 13.2. The van der Waals surface area contributed by atoms with Crippen molar-refractivity contribution in [2.75, 3.05) is 18.6 Å². The highest BCUT2D eigenvalue weighted by atomic mass is 32.2. The maximum absolute atomic E-state index is 11.8. The van der Waals surface area contributed by atoms with Crippen LogP contribution >= 0.6 is 0 Å². The Morgan fingerprint density at radius 1 is 1.62 bits per heavy atom. The Balaban J connectivity index is 2.09. The number of hydrogen-bond donors (Lipinski definition) is 1. The van der Waals surface area contributed by atoms with Crippen LogP contribution in [0, 0.1) is 0 Å². The summed E-state index contributed by atoms with van der Waals surface area (Å²) in [6, 6.07) is -0.255. The number of nitrogens with zero attached hydrogens (tertiary/aromatic N) is 3. The first-order valence-corrected chi connectivity index (χ1v) is 6.65. The van der Waals surface area contributed by atoms with Gasteiger partial charge in [-0.05, 0) is 6.42 Å². The fourth-order valence-corrected chi connectivity index (χ4v) is 3.51. The van der Waals surface area contributed by atoms with E-state index in [-0.39, 0.29) is 29.1 Å². The van der Waals surface area contributed by atoms with Gasteiger partial charge in [0.05, 0.1) is 17.7 Å². The van der Waals surface area contributed by atoms with Gasteiger partial charge in [-0.1, -0.05) is 0 Å². The summed E-state index contributed by atoms with van der Waals surface area (Å²) in [5.74, 6) is -0.128. The zero-order chi connectivity index (χ0) is 11.8.